The number of aliphatic hydroxyl groups excluding tert-OH is 1. The van der Waals surface area contributed by atoms with E-state index in [4.69, 9.17) is 14.5 Å². The van der Waals surface area contributed by atoms with Gasteiger partial charge in [0.15, 0.2) is 5.96 Å². The number of hydrogen-bond acceptors (Lipinski definition) is 4. The lowest BCUT2D eigenvalue weighted by atomic mass is 9.84. The zero-order chi connectivity index (χ0) is 17.0. The topological polar surface area (TPSA) is 75.1 Å². The molecule has 1 saturated heterocycles. The zero-order valence-electron chi connectivity index (χ0n) is 15.1. The normalized spacial score (nSPS) is 21.9. The minimum Gasteiger partial charge on any atom is -0.396 e. The van der Waals surface area contributed by atoms with Gasteiger partial charge in [-0.25, -0.2) is 0 Å². The maximum atomic E-state index is 9.27. The lowest BCUT2D eigenvalue weighted by molar-refractivity contribution is 0.108. The van der Waals surface area contributed by atoms with Crippen molar-refractivity contribution in [3.8, 4) is 0 Å². The Hall–Kier alpha value is -0.850. The molecule has 1 fully saturated rings. The van der Waals surface area contributed by atoms with Crippen LogP contribution in [-0.4, -0.2) is 63.7 Å². The molecule has 0 amide bonds. The molecule has 1 aliphatic heterocycles. The minimum atomic E-state index is -0.00250. The van der Waals surface area contributed by atoms with Crippen molar-refractivity contribution in [3.63, 3.8) is 0 Å². The molecule has 0 aliphatic carbocycles. The summed E-state index contributed by atoms with van der Waals surface area (Å²) in [6.45, 7) is 12.0. The van der Waals surface area contributed by atoms with Crippen LogP contribution < -0.4 is 10.6 Å². The smallest absolute Gasteiger partial charge is 0.191 e. The minimum absolute atomic E-state index is 0.00250. The Labute approximate surface area is 141 Å². The largest absolute Gasteiger partial charge is 0.396 e. The van der Waals surface area contributed by atoms with Gasteiger partial charge >= 0.3 is 0 Å². The van der Waals surface area contributed by atoms with E-state index in [0.29, 0.717) is 19.1 Å². The third-order valence-corrected chi connectivity index (χ3v) is 3.95. The molecule has 0 aromatic rings. The number of aliphatic hydroxyl groups is 1. The monoisotopic (exact) mass is 329 g/mol. The number of aliphatic imine (C=N–C) groups is 1. The molecule has 3 N–H and O–H groups in total. The van der Waals surface area contributed by atoms with Crippen molar-refractivity contribution < 1.29 is 14.6 Å². The second-order valence-corrected chi connectivity index (χ2v) is 6.72. The molecule has 0 radical (unpaired) electrons. The molecule has 0 saturated carbocycles. The van der Waals surface area contributed by atoms with Crippen LogP contribution in [0.25, 0.3) is 0 Å². The van der Waals surface area contributed by atoms with Crippen LogP contribution in [0.4, 0.5) is 0 Å². The maximum absolute atomic E-state index is 9.27. The van der Waals surface area contributed by atoms with E-state index in [1.54, 1.807) is 0 Å². The van der Waals surface area contributed by atoms with Crippen LogP contribution in [0.2, 0.25) is 0 Å². The Morgan fingerprint density at radius 3 is 2.83 bits per heavy atom. The van der Waals surface area contributed by atoms with E-state index in [1.807, 2.05) is 0 Å². The van der Waals surface area contributed by atoms with E-state index in [2.05, 4.69) is 31.4 Å². The van der Waals surface area contributed by atoms with Crippen LogP contribution in [0.15, 0.2) is 4.99 Å². The van der Waals surface area contributed by atoms with Gasteiger partial charge in [-0.15, -0.1) is 0 Å². The summed E-state index contributed by atoms with van der Waals surface area (Å²) < 4.78 is 11.1. The average Bonchev–Trinajstić information content (AvgIpc) is 2.97. The van der Waals surface area contributed by atoms with Crippen molar-refractivity contribution in [3.05, 3.63) is 0 Å². The number of nitrogens with zero attached hydrogens (tertiary/aromatic N) is 1. The highest BCUT2D eigenvalue weighted by atomic mass is 16.5. The summed E-state index contributed by atoms with van der Waals surface area (Å²) in [5.74, 6) is 1.42. The van der Waals surface area contributed by atoms with Crippen LogP contribution in [0.3, 0.4) is 0 Å². The van der Waals surface area contributed by atoms with E-state index < -0.39 is 0 Å². The number of guanidine groups is 1. The van der Waals surface area contributed by atoms with Crippen molar-refractivity contribution in [1.82, 2.24) is 10.6 Å². The molecule has 1 heterocycles. The van der Waals surface area contributed by atoms with E-state index in [0.717, 1.165) is 58.1 Å². The van der Waals surface area contributed by atoms with Crippen LogP contribution in [-0.2, 0) is 9.47 Å². The van der Waals surface area contributed by atoms with E-state index in [9.17, 15) is 5.11 Å². The van der Waals surface area contributed by atoms with Crippen LogP contribution >= 0.6 is 0 Å². The van der Waals surface area contributed by atoms with E-state index >= 15 is 0 Å². The third-order valence-electron chi connectivity index (χ3n) is 3.95. The highest BCUT2D eigenvalue weighted by Gasteiger charge is 2.34. The van der Waals surface area contributed by atoms with Gasteiger partial charge in [0.1, 0.15) is 0 Å². The summed E-state index contributed by atoms with van der Waals surface area (Å²) in [5.41, 5.74) is -0.00250. The molecule has 0 spiro atoms. The SMILES string of the molecule is CCNC(=NCC1(CCO)CCOC1)NCCCOCC(C)C. The van der Waals surface area contributed by atoms with Crippen LogP contribution in [0.1, 0.15) is 40.0 Å². The summed E-state index contributed by atoms with van der Waals surface area (Å²) in [6.07, 6.45) is 2.68. The van der Waals surface area contributed by atoms with Crippen molar-refractivity contribution in [2.45, 2.75) is 40.0 Å². The van der Waals surface area contributed by atoms with E-state index in [-0.39, 0.29) is 12.0 Å². The molecule has 136 valence electrons. The molecule has 6 heteroatoms. The van der Waals surface area contributed by atoms with Crippen molar-refractivity contribution in [2.75, 3.05) is 52.7 Å². The number of rotatable bonds is 11. The van der Waals surface area contributed by atoms with Gasteiger partial charge in [0.05, 0.1) is 13.2 Å². The Kier molecular flexibility index (Phi) is 10.2. The standard InChI is InChI=1S/C17H35N3O3/c1-4-18-16(19-8-5-10-22-12-15(2)3)20-13-17(6-9-21)7-11-23-14-17/h15,21H,4-14H2,1-3H3,(H2,18,19,20). The van der Waals surface area contributed by atoms with Crippen LogP contribution in [0, 0.1) is 11.3 Å². The van der Waals surface area contributed by atoms with Gasteiger partial charge in [0.25, 0.3) is 0 Å². The van der Waals surface area contributed by atoms with Crippen LogP contribution in [0.5, 0.6) is 0 Å². The Bertz CT molecular complexity index is 329. The fourth-order valence-electron chi connectivity index (χ4n) is 2.58. The van der Waals surface area contributed by atoms with Gasteiger partial charge in [-0.05, 0) is 32.1 Å². The van der Waals surface area contributed by atoms with Gasteiger partial charge in [-0.3, -0.25) is 4.99 Å². The second kappa shape index (κ2) is 11.6. The van der Waals surface area contributed by atoms with Crippen molar-refractivity contribution in [2.24, 2.45) is 16.3 Å². The maximum Gasteiger partial charge on any atom is 0.191 e. The molecule has 0 aromatic heterocycles. The van der Waals surface area contributed by atoms with Gasteiger partial charge in [-0.2, -0.15) is 0 Å². The van der Waals surface area contributed by atoms with Crippen molar-refractivity contribution in [1.29, 1.82) is 0 Å². The first kappa shape index (κ1) is 20.2. The first-order valence-corrected chi connectivity index (χ1v) is 8.90. The molecule has 1 unspecified atom stereocenters. The van der Waals surface area contributed by atoms with Gasteiger partial charge in [0, 0.05) is 44.9 Å². The van der Waals surface area contributed by atoms with Gasteiger partial charge in [-0.1, -0.05) is 13.8 Å². The first-order chi connectivity index (χ1) is 11.1. The molecule has 0 bridgehead atoms. The van der Waals surface area contributed by atoms with Gasteiger partial charge in [0.2, 0.25) is 0 Å². The van der Waals surface area contributed by atoms with Gasteiger partial charge < -0.3 is 25.2 Å². The predicted octanol–water partition coefficient (Wildman–Crippen LogP) is 1.39. The summed E-state index contributed by atoms with van der Waals surface area (Å²) in [7, 11) is 0. The number of hydrogen-bond donors (Lipinski definition) is 3. The Morgan fingerprint density at radius 1 is 1.39 bits per heavy atom. The fraction of sp³-hybridized carbons (Fsp3) is 0.941. The molecule has 6 nitrogen and oxygen atoms in total. The number of ether oxygens (including phenoxy) is 2. The highest BCUT2D eigenvalue weighted by Crippen LogP contribution is 2.32. The first-order valence-electron chi connectivity index (χ1n) is 8.90. The van der Waals surface area contributed by atoms with Crippen molar-refractivity contribution >= 4 is 5.96 Å². The third kappa shape index (κ3) is 8.53. The molecular weight excluding hydrogens is 294 g/mol. The molecule has 1 rings (SSSR count). The molecule has 0 aromatic carbocycles. The lowest BCUT2D eigenvalue weighted by Crippen LogP contribution is -2.39. The molecule has 1 atom stereocenters. The Balaban J connectivity index is 2.34. The summed E-state index contributed by atoms with van der Waals surface area (Å²) in [6, 6.07) is 0. The number of nitrogens with one attached hydrogen (secondary N) is 2. The molecule has 1 aliphatic rings. The fourth-order valence-corrected chi connectivity index (χ4v) is 2.58. The quantitative estimate of drug-likeness (QED) is 0.303. The summed E-state index contributed by atoms with van der Waals surface area (Å²) >= 11 is 0. The zero-order valence-corrected chi connectivity index (χ0v) is 15.1. The summed E-state index contributed by atoms with van der Waals surface area (Å²) in [5, 5.41) is 15.9. The highest BCUT2D eigenvalue weighted by molar-refractivity contribution is 5.79. The van der Waals surface area contributed by atoms with E-state index in [1.165, 1.54) is 0 Å². The Morgan fingerprint density at radius 2 is 2.22 bits per heavy atom. The second-order valence-electron chi connectivity index (χ2n) is 6.72. The molecular formula is C17H35N3O3. The lowest BCUT2D eigenvalue weighted by Gasteiger charge is -2.24. The summed E-state index contributed by atoms with van der Waals surface area (Å²) in [4.78, 5) is 4.69. The predicted molar refractivity (Wildman–Crippen MR) is 93.8 cm³/mol. The average molecular weight is 329 g/mol. The molecule has 23 heavy (non-hydrogen) atoms.